The van der Waals surface area contributed by atoms with E-state index in [1.807, 2.05) is 0 Å². The van der Waals surface area contributed by atoms with Crippen LogP contribution in [0.25, 0.3) is 31.3 Å². The first-order chi connectivity index (χ1) is 48.7. The number of aliphatic hydroxyl groups excluding tert-OH is 21. The van der Waals surface area contributed by atoms with Crippen LogP contribution in [0, 0.1) is 0 Å². The summed E-state index contributed by atoms with van der Waals surface area (Å²) in [5.74, 6) is -1.74. The third-order valence-electron chi connectivity index (χ3n) is 17.1. The summed E-state index contributed by atoms with van der Waals surface area (Å²) >= 11 is 0. The summed E-state index contributed by atoms with van der Waals surface area (Å²) in [7, 11) is 0. The smallest absolute Gasteiger partial charge is 0.221 e. The van der Waals surface area contributed by atoms with E-state index >= 15 is 0 Å². The molecule has 0 aromatic rings. The third kappa shape index (κ3) is 26.8. The van der Waals surface area contributed by atoms with E-state index in [0.29, 0.717) is 32.1 Å². The fourth-order valence-corrected chi connectivity index (χ4v) is 11.1. The normalized spacial score (nSPS) is 38.3. The van der Waals surface area contributed by atoms with Gasteiger partial charge in [0.2, 0.25) is 17.7 Å². The molecule has 30 unspecified atom stereocenters. The van der Waals surface area contributed by atoms with E-state index in [1.165, 1.54) is 0 Å². The summed E-state index contributed by atoms with van der Waals surface area (Å²) < 4.78 is 66.1. The lowest BCUT2D eigenvalue weighted by atomic mass is 9.96. The van der Waals surface area contributed by atoms with E-state index in [4.69, 9.17) is 78.5 Å². The molecule has 0 aliphatic carbocycles. The molecule has 0 aromatic carbocycles. The fourth-order valence-electron chi connectivity index (χ4n) is 11.1. The maximum Gasteiger partial charge on any atom is 0.221 e. The van der Waals surface area contributed by atoms with Crippen molar-refractivity contribution in [1.29, 1.82) is 0 Å². The highest BCUT2D eigenvalue weighted by Crippen LogP contribution is 2.35. The Hall–Kier alpha value is -4.38. The molecule has 0 radical (unpaired) electrons. The molecule has 3 amide bonds. The van der Waals surface area contributed by atoms with Crippen LogP contribution in [0.15, 0.2) is 15.3 Å². The van der Waals surface area contributed by atoms with Crippen LogP contribution in [0.2, 0.25) is 0 Å². The molecule has 0 aromatic heterocycles. The SMILES string of the molecule is [N-]=[N+]=NC(=O)CCCCCCCCOC1OC(CO)C(O)C(O)C1OC1OC(CO)C(O)C(O)C1O.[N-]=[N+]=NC(=O)CCCCCCCCOC1OC(CO)C(O)C(O)C1OC1OC(CO)C(O)C(O)C1OC1OC(CO)C(O)C(O)C1O.[N-]=[N+]=NC(=O)CCOC1OC(CO)C(O)C(O)C1O. The third-order valence-corrected chi connectivity index (χ3v) is 17.1. The molecule has 45 heteroatoms. The molecule has 6 saturated heterocycles. The number of unbranched alkanes of at least 4 members (excludes halogenated alkanes) is 10. The van der Waals surface area contributed by atoms with Gasteiger partial charge in [-0.3, -0.25) is 14.4 Å². The maximum absolute atomic E-state index is 11.2. The van der Waals surface area contributed by atoms with Crippen LogP contribution in [-0.4, -0.2) is 369 Å². The van der Waals surface area contributed by atoms with E-state index in [9.17, 15) is 117 Å². The molecule has 21 N–H and O–H groups in total. The molecule has 6 fully saturated rings. The highest BCUT2D eigenvalue weighted by Gasteiger charge is 2.55. The highest BCUT2D eigenvalue weighted by molar-refractivity contribution is 5.77. The van der Waals surface area contributed by atoms with Gasteiger partial charge in [-0.25, -0.2) is 0 Å². The summed E-state index contributed by atoms with van der Waals surface area (Å²) in [6, 6.07) is 0. The Morgan fingerprint density at radius 1 is 0.275 bits per heavy atom. The van der Waals surface area contributed by atoms with Gasteiger partial charge in [-0.1, -0.05) is 51.4 Å². The highest BCUT2D eigenvalue weighted by atomic mass is 16.8. The van der Waals surface area contributed by atoms with Crippen molar-refractivity contribution in [3.05, 3.63) is 31.3 Å². The summed E-state index contributed by atoms with van der Waals surface area (Å²) in [6.07, 6.45) is -37.8. The molecular weight excluding hydrogens is 1390 g/mol. The van der Waals surface area contributed by atoms with Crippen LogP contribution >= 0.6 is 0 Å². The van der Waals surface area contributed by atoms with Crippen molar-refractivity contribution in [2.45, 2.75) is 281 Å². The standard InChI is InChI=1S/C27H47N3O17.C21H37N3O12.C9H15N3O7/c28-30-29-15(34)7-5-3-1-2-4-6-8-42-26-23(20(39)17(36)13(10-32)44-26)47-27-24(21(40)18(37)14(11-33)45-27)46-25-22(41)19(38)16(35)12(9-31)43-25;22-24-23-13(27)7-5-3-1-2-4-6-8-33-21-19(17(31)15(29)12(10-26)35-21)36-20-18(32)16(30)14(28)11(9-25)34-20;10-12-11-5(14)1-2-18-9-8(17)7(16)6(15)4(3-13)19-9/h12-14,16-27,31-33,35-41H,1-11H2;11-12,14-21,25-26,28-32H,1-10H2;4,6-9,13,15-17H,1-3H2. The number of carbonyl (C=O) groups excluding carboxylic acids is 3. The Bertz CT molecular complexity index is 2570. The van der Waals surface area contributed by atoms with Crippen LogP contribution in [0.5, 0.6) is 0 Å². The monoisotopic (exact) mass is 1490 g/mol. The number of hydrogen-bond donors (Lipinski definition) is 21. The predicted octanol–water partition coefficient (Wildman–Crippen LogP) is -7.76. The zero-order chi connectivity index (χ0) is 75.8. The summed E-state index contributed by atoms with van der Waals surface area (Å²) in [6.45, 7) is -4.06. The van der Waals surface area contributed by atoms with Crippen molar-refractivity contribution in [3.8, 4) is 0 Å². The topological polar surface area (TPSA) is 733 Å². The largest absolute Gasteiger partial charge is 0.394 e. The minimum absolute atomic E-state index is 0.0811. The Morgan fingerprint density at radius 2 is 0.510 bits per heavy atom. The lowest BCUT2D eigenvalue weighted by Crippen LogP contribution is -2.67. The molecule has 6 rings (SSSR count). The predicted molar refractivity (Wildman–Crippen MR) is 329 cm³/mol. The summed E-state index contributed by atoms with van der Waals surface area (Å²) in [5, 5.41) is 219. The fraction of sp³-hybridized carbons (Fsp3) is 0.947. The van der Waals surface area contributed by atoms with Crippen LogP contribution in [0.4, 0.5) is 0 Å². The molecule has 0 saturated carbocycles. The molecule has 45 nitrogen and oxygen atoms in total. The Morgan fingerprint density at radius 3 is 0.833 bits per heavy atom. The van der Waals surface area contributed by atoms with Gasteiger partial charge in [0.1, 0.15) is 146 Å². The Balaban J connectivity index is 0.000000353. The first-order valence-electron chi connectivity index (χ1n) is 33.1. The van der Waals surface area contributed by atoms with Crippen molar-refractivity contribution in [2.75, 3.05) is 59.5 Å². The first kappa shape index (κ1) is 90.0. The molecule has 30 atom stereocenters. The number of amides is 3. The van der Waals surface area contributed by atoms with Crippen LogP contribution < -0.4 is 0 Å². The summed E-state index contributed by atoms with van der Waals surface area (Å²) in [5.41, 5.74) is 24.4. The summed E-state index contributed by atoms with van der Waals surface area (Å²) in [4.78, 5) is 40.4. The molecule has 0 bridgehead atoms. The van der Waals surface area contributed by atoms with E-state index < -0.39 is 242 Å². The minimum atomic E-state index is -1.90. The van der Waals surface area contributed by atoms with Crippen LogP contribution in [0.1, 0.15) is 96.3 Å². The van der Waals surface area contributed by atoms with E-state index in [1.54, 1.807) is 0 Å². The lowest BCUT2D eigenvalue weighted by Gasteiger charge is -2.48. The molecule has 6 aliphatic heterocycles. The Kier molecular flexibility index (Phi) is 41.8. The van der Waals surface area contributed by atoms with Gasteiger partial charge in [0, 0.05) is 47.2 Å². The number of aliphatic hydroxyl groups is 21. The number of nitrogens with zero attached hydrogens (tertiary/aromatic N) is 9. The molecular formula is C57H99N9O36. The quantitative estimate of drug-likeness (QED) is 0.0120. The van der Waals surface area contributed by atoms with E-state index in [0.717, 1.165) is 44.9 Å². The second-order valence-corrected chi connectivity index (χ2v) is 24.4. The first-order valence-corrected chi connectivity index (χ1v) is 33.1. The van der Waals surface area contributed by atoms with Gasteiger partial charge in [-0.15, -0.1) is 0 Å². The van der Waals surface area contributed by atoms with Crippen molar-refractivity contribution in [1.82, 2.24) is 0 Å². The number of ether oxygens (including phenoxy) is 12. The van der Waals surface area contributed by atoms with E-state index in [2.05, 4.69) is 30.1 Å². The van der Waals surface area contributed by atoms with Crippen molar-refractivity contribution in [2.24, 2.45) is 15.3 Å². The van der Waals surface area contributed by atoms with Crippen molar-refractivity contribution in [3.63, 3.8) is 0 Å². The number of hydrogen-bond acceptors (Lipinski definition) is 36. The number of carbonyl (C=O) groups is 3. The second kappa shape index (κ2) is 47.3. The van der Waals surface area contributed by atoms with Gasteiger partial charge < -0.3 is 164 Å². The molecule has 6 heterocycles. The van der Waals surface area contributed by atoms with Gasteiger partial charge in [-0.05, 0) is 57.6 Å². The van der Waals surface area contributed by atoms with Gasteiger partial charge in [-0.2, -0.15) is 0 Å². The average Bonchev–Trinajstić information content (AvgIpc) is 0.783. The van der Waals surface area contributed by atoms with Crippen LogP contribution in [-0.2, 0) is 71.2 Å². The average molecular weight is 1490 g/mol. The molecule has 588 valence electrons. The number of rotatable bonds is 36. The van der Waals surface area contributed by atoms with Crippen molar-refractivity contribution < 1.29 is 178 Å². The van der Waals surface area contributed by atoms with Gasteiger partial charge >= 0.3 is 0 Å². The van der Waals surface area contributed by atoms with Crippen molar-refractivity contribution >= 4 is 17.7 Å². The zero-order valence-corrected chi connectivity index (χ0v) is 55.3. The molecule has 6 aliphatic rings. The van der Waals surface area contributed by atoms with Gasteiger partial charge in [0.25, 0.3) is 0 Å². The lowest BCUT2D eigenvalue weighted by molar-refractivity contribution is -0.393. The number of azide groups is 3. The van der Waals surface area contributed by atoms with E-state index in [-0.39, 0.29) is 39.1 Å². The molecule has 102 heavy (non-hydrogen) atoms. The molecule has 0 spiro atoms. The van der Waals surface area contributed by atoms with Crippen LogP contribution in [0.3, 0.4) is 0 Å². The Labute approximate surface area is 581 Å². The van der Waals surface area contributed by atoms with Gasteiger partial charge in [0.15, 0.2) is 37.7 Å². The maximum atomic E-state index is 11.2. The minimum Gasteiger partial charge on any atom is -0.394 e. The second-order valence-electron chi connectivity index (χ2n) is 24.4. The van der Waals surface area contributed by atoms with Gasteiger partial charge in [0.05, 0.1) is 46.2 Å². The zero-order valence-electron chi connectivity index (χ0n) is 55.3.